The van der Waals surface area contributed by atoms with Crippen LogP contribution in [0.5, 0.6) is 0 Å². The summed E-state index contributed by atoms with van der Waals surface area (Å²) in [4.78, 5) is 19.0. The van der Waals surface area contributed by atoms with Gasteiger partial charge in [-0.15, -0.1) is 0 Å². The summed E-state index contributed by atoms with van der Waals surface area (Å²) in [6.07, 6.45) is 6.65. The molecular weight excluding hydrogens is 244 g/mol. The highest BCUT2D eigenvalue weighted by Gasteiger charge is 2.27. The molecule has 5 heteroatoms. The summed E-state index contributed by atoms with van der Waals surface area (Å²) in [6, 6.07) is 0. The summed E-state index contributed by atoms with van der Waals surface area (Å²) in [6.45, 7) is 0.853. The van der Waals surface area contributed by atoms with E-state index in [0.29, 0.717) is 12.8 Å². The number of nitrogens with one attached hydrogen (secondary N) is 1. The molecule has 2 atom stereocenters. The van der Waals surface area contributed by atoms with Crippen LogP contribution in [-0.2, 0) is 28.8 Å². The number of rotatable bonds is 3. The Morgan fingerprint density at radius 2 is 2.32 bits per heavy atom. The molecule has 1 saturated heterocycles. The summed E-state index contributed by atoms with van der Waals surface area (Å²) in [5.41, 5.74) is 2.08. The number of aryl methyl sites for hydroxylation is 1. The zero-order valence-corrected chi connectivity index (χ0v) is 11.0. The van der Waals surface area contributed by atoms with E-state index in [0.717, 1.165) is 49.5 Å². The average molecular weight is 264 g/mol. The number of ether oxygens (including phenoxy) is 1. The van der Waals surface area contributed by atoms with E-state index in [1.54, 1.807) is 0 Å². The van der Waals surface area contributed by atoms with Crippen molar-refractivity contribution in [3.8, 4) is 0 Å². The van der Waals surface area contributed by atoms with Crippen LogP contribution in [0.1, 0.15) is 42.9 Å². The first-order valence-electron chi connectivity index (χ1n) is 7.13. The van der Waals surface area contributed by atoms with E-state index in [9.17, 15) is 4.79 Å². The van der Waals surface area contributed by atoms with Crippen LogP contribution in [0.4, 0.5) is 0 Å². The number of aliphatic carboxylic acids is 1. The van der Waals surface area contributed by atoms with Crippen molar-refractivity contribution in [2.45, 2.75) is 51.0 Å². The number of aromatic nitrogens is 2. The van der Waals surface area contributed by atoms with E-state index in [-0.39, 0.29) is 12.0 Å². The summed E-state index contributed by atoms with van der Waals surface area (Å²) < 4.78 is 5.72. The van der Waals surface area contributed by atoms with E-state index in [1.165, 1.54) is 6.42 Å². The van der Waals surface area contributed by atoms with Gasteiger partial charge in [0.05, 0.1) is 17.7 Å². The van der Waals surface area contributed by atoms with Crippen molar-refractivity contribution in [3.63, 3.8) is 0 Å². The molecule has 0 saturated carbocycles. The smallest absolute Gasteiger partial charge is 0.306 e. The lowest BCUT2D eigenvalue weighted by Crippen LogP contribution is -2.22. The van der Waals surface area contributed by atoms with Gasteiger partial charge in [0.25, 0.3) is 0 Å². The molecule has 2 heterocycles. The van der Waals surface area contributed by atoms with Crippen molar-refractivity contribution in [2.75, 3.05) is 6.61 Å². The number of aromatic amines is 1. The maximum absolute atomic E-state index is 11.0. The molecule has 2 aliphatic rings. The molecule has 2 N–H and O–H groups in total. The maximum Gasteiger partial charge on any atom is 0.306 e. The van der Waals surface area contributed by atoms with Crippen LogP contribution in [0, 0.1) is 5.92 Å². The van der Waals surface area contributed by atoms with Gasteiger partial charge in [-0.1, -0.05) is 0 Å². The number of H-pyrrole nitrogens is 1. The number of fused-ring (bicyclic) bond motifs is 1. The number of carboxylic acids is 1. The molecular formula is C14H20N2O3. The van der Waals surface area contributed by atoms with Crippen LogP contribution in [0.2, 0.25) is 0 Å². The molecule has 1 aliphatic carbocycles. The van der Waals surface area contributed by atoms with Gasteiger partial charge in [-0.25, -0.2) is 4.98 Å². The highest BCUT2D eigenvalue weighted by molar-refractivity contribution is 5.70. The Morgan fingerprint density at radius 3 is 3.05 bits per heavy atom. The van der Waals surface area contributed by atoms with E-state index >= 15 is 0 Å². The second-order valence-electron chi connectivity index (χ2n) is 5.58. The van der Waals surface area contributed by atoms with Crippen LogP contribution in [0.25, 0.3) is 0 Å². The average Bonchev–Trinajstić information content (AvgIpc) is 2.80. The van der Waals surface area contributed by atoms with E-state index in [4.69, 9.17) is 9.84 Å². The molecule has 1 aromatic rings. The van der Waals surface area contributed by atoms with Gasteiger partial charge in [-0.2, -0.15) is 0 Å². The quantitative estimate of drug-likeness (QED) is 0.871. The third-order valence-corrected chi connectivity index (χ3v) is 4.14. The molecule has 5 nitrogen and oxygen atoms in total. The molecule has 104 valence electrons. The normalized spacial score (nSPS) is 26.9. The molecule has 0 aromatic carbocycles. The standard InChI is InChI=1S/C14H20N2O3/c17-14(18)9-4-5-11-12(7-9)16-13(15-11)8-10-3-1-2-6-19-10/h9-10H,1-8H2,(H,15,16)(H,17,18). The number of hydrogen-bond acceptors (Lipinski definition) is 3. The zero-order valence-electron chi connectivity index (χ0n) is 11.0. The number of imidazole rings is 1. The maximum atomic E-state index is 11.0. The fourth-order valence-corrected chi connectivity index (χ4v) is 3.03. The molecule has 19 heavy (non-hydrogen) atoms. The fraction of sp³-hybridized carbons (Fsp3) is 0.714. The molecule has 1 aliphatic heterocycles. The number of carboxylic acid groups (broad SMARTS) is 1. The van der Waals surface area contributed by atoms with Crippen LogP contribution < -0.4 is 0 Å². The highest BCUT2D eigenvalue weighted by atomic mass is 16.5. The van der Waals surface area contributed by atoms with Crippen molar-refractivity contribution in [1.29, 1.82) is 0 Å². The molecule has 0 radical (unpaired) electrons. The lowest BCUT2D eigenvalue weighted by atomic mass is 9.90. The summed E-state index contributed by atoms with van der Waals surface area (Å²) in [5.74, 6) is 0.00656. The summed E-state index contributed by atoms with van der Waals surface area (Å²) in [7, 11) is 0. The van der Waals surface area contributed by atoms with Gasteiger partial charge in [0.1, 0.15) is 5.82 Å². The highest BCUT2D eigenvalue weighted by Crippen LogP contribution is 2.25. The predicted molar refractivity (Wildman–Crippen MR) is 69.0 cm³/mol. The fourth-order valence-electron chi connectivity index (χ4n) is 3.03. The van der Waals surface area contributed by atoms with Crippen molar-refractivity contribution < 1.29 is 14.6 Å². The minimum Gasteiger partial charge on any atom is -0.481 e. The van der Waals surface area contributed by atoms with Crippen molar-refractivity contribution in [1.82, 2.24) is 9.97 Å². The topological polar surface area (TPSA) is 75.2 Å². The third-order valence-electron chi connectivity index (χ3n) is 4.14. The van der Waals surface area contributed by atoms with Crippen LogP contribution >= 0.6 is 0 Å². The number of nitrogens with zero attached hydrogens (tertiary/aromatic N) is 1. The predicted octanol–water partition coefficient (Wildman–Crippen LogP) is 1.71. The van der Waals surface area contributed by atoms with E-state index in [2.05, 4.69) is 9.97 Å². The van der Waals surface area contributed by atoms with Crippen LogP contribution in [0.3, 0.4) is 0 Å². The second-order valence-corrected chi connectivity index (χ2v) is 5.58. The SMILES string of the molecule is O=C(O)C1CCc2nc(CC3CCCCO3)[nH]c2C1. The number of carbonyl (C=O) groups is 1. The Labute approximate surface area is 112 Å². The second kappa shape index (κ2) is 5.33. The molecule has 1 fully saturated rings. The first-order valence-corrected chi connectivity index (χ1v) is 7.13. The summed E-state index contributed by atoms with van der Waals surface area (Å²) in [5, 5.41) is 9.08. The van der Waals surface area contributed by atoms with Gasteiger partial charge in [-0.05, 0) is 32.1 Å². The largest absolute Gasteiger partial charge is 0.481 e. The van der Waals surface area contributed by atoms with Gasteiger partial charge in [0.2, 0.25) is 0 Å². The van der Waals surface area contributed by atoms with Crippen molar-refractivity contribution >= 4 is 5.97 Å². The first-order chi connectivity index (χ1) is 9.22. The lowest BCUT2D eigenvalue weighted by Gasteiger charge is -2.21. The Balaban J connectivity index is 1.67. The van der Waals surface area contributed by atoms with Crippen LogP contribution in [-0.4, -0.2) is 33.8 Å². The Bertz CT molecular complexity index is 463. The lowest BCUT2D eigenvalue weighted by molar-refractivity contribution is -0.142. The zero-order chi connectivity index (χ0) is 13.2. The minimum absolute atomic E-state index is 0.258. The molecule has 0 spiro atoms. The Morgan fingerprint density at radius 1 is 1.42 bits per heavy atom. The Hall–Kier alpha value is -1.36. The van der Waals surface area contributed by atoms with Gasteiger partial charge < -0.3 is 14.8 Å². The minimum atomic E-state index is -0.697. The molecule has 0 bridgehead atoms. The van der Waals surface area contributed by atoms with E-state index < -0.39 is 5.97 Å². The van der Waals surface area contributed by atoms with Gasteiger partial charge in [-0.3, -0.25) is 4.79 Å². The molecule has 2 unspecified atom stereocenters. The first kappa shape index (κ1) is 12.7. The third kappa shape index (κ3) is 2.81. The molecule has 0 amide bonds. The molecule has 1 aromatic heterocycles. The number of hydrogen-bond donors (Lipinski definition) is 2. The van der Waals surface area contributed by atoms with Gasteiger partial charge >= 0.3 is 5.97 Å². The monoisotopic (exact) mass is 264 g/mol. The Kier molecular flexibility index (Phi) is 3.55. The van der Waals surface area contributed by atoms with Gasteiger partial charge in [0.15, 0.2) is 0 Å². The van der Waals surface area contributed by atoms with E-state index in [1.807, 2.05) is 0 Å². The van der Waals surface area contributed by atoms with Crippen LogP contribution in [0.15, 0.2) is 0 Å². The summed E-state index contributed by atoms with van der Waals surface area (Å²) >= 11 is 0. The van der Waals surface area contributed by atoms with Crippen molar-refractivity contribution in [3.05, 3.63) is 17.2 Å². The molecule has 3 rings (SSSR count). The van der Waals surface area contributed by atoms with Gasteiger partial charge in [0, 0.05) is 25.1 Å². The van der Waals surface area contributed by atoms with Crippen molar-refractivity contribution in [2.24, 2.45) is 5.92 Å².